The van der Waals surface area contributed by atoms with Crippen LogP contribution in [0.25, 0.3) is 0 Å². The summed E-state index contributed by atoms with van der Waals surface area (Å²) in [7, 11) is -1.89. The molecule has 36 heavy (non-hydrogen) atoms. The number of aryl methyl sites for hydroxylation is 1. The van der Waals surface area contributed by atoms with E-state index < -0.39 is 15.9 Å². The average Bonchev–Trinajstić information content (AvgIpc) is 2.89. The molecule has 1 heterocycles. The number of carbonyl (C=O) groups excluding carboxylic acids is 1. The minimum Gasteiger partial charge on any atom is -0.369 e. The van der Waals surface area contributed by atoms with E-state index in [9.17, 15) is 13.2 Å². The van der Waals surface area contributed by atoms with Gasteiger partial charge in [-0.2, -0.15) is 0 Å². The maximum Gasteiger partial charge on any atom is 0.264 e. The van der Waals surface area contributed by atoms with E-state index in [-0.39, 0.29) is 22.2 Å². The van der Waals surface area contributed by atoms with Crippen molar-refractivity contribution in [1.82, 2.24) is 10.2 Å². The molecule has 0 saturated carbocycles. The summed E-state index contributed by atoms with van der Waals surface area (Å²) in [4.78, 5) is 17.7. The Bertz CT molecular complexity index is 1290. The van der Waals surface area contributed by atoms with Crippen LogP contribution in [0.4, 0.5) is 11.4 Å². The highest BCUT2D eigenvalue weighted by Gasteiger charge is 2.28. The summed E-state index contributed by atoms with van der Waals surface area (Å²) in [6.45, 7) is 5.79. The van der Waals surface area contributed by atoms with Gasteiger partial charge >= 0.3 is 0 Å². The number of hydrogen-bond acceptors (Lipinski definition) is 5. The molecule has 7 nitrogen and oxygen atoms in total. The summed E-state index contributed by atoms with van der Waals surface area (Å²) >= 11 is 6.38. The molecular formula is C27H31ClN4O3S. The number of carbonyl (C=O) groups is 1. The number of amides is 1. The first-order chi connectivity index (χ1) is 17.2. The minimum atomic E-state index is -4.01. The first-order valence-corrected chi connectivity index (χ1v) is 13.7. The highest BCUT2D eigenvalue weighted by molar-refractivity contribution is 7.92. The van der Waals surface area contributed by atoms with Gasteiger partial charge in [0.2, 0.25) is 5.91 Å². The Labute approximate surface area is 218 Å². The number of halogens is 1. The molecule has 0 radical (unpaired) electrons. The number of sulfonamides is 1. The fourth-order valence-electron chi connectivity index (χ4n) is 4.11. The summed E-state index contributed by atoms with van der Waals surface area (Å²) in [5.41, 5.74) is 3.20. The highest BCUT2D eigenvalue weighted by Crippen LogP contribution is 2.31. The average molecular weight is 527 g/mol. The van der Waals surface area contributed by atoms with Crippen LogP contribution in [0, 0.1) is 6.92 Å². The normalized spacial score (nSPS) is 14.5. The fourth-order valence-corrected chi connectivity index (χ4v) is 5.83. The van der Waals surface area contributed by atoms with Crippen molar-refractivity contribution in [3.05, 3.63) is 88.9 Å². The minimum absolute atomic E-state index is 0.0925. The topological polar surface area (TPSA) is 73.0 Å². The molecule has 1 N–H and O–H groups in total. The van der Waals surface area contributed by atoms with Crippen LogP contribution in [-0.2, 0) is 21.4 Å². The Balaban J connectivity index is 1.47. The quantitative estimate of drug-likeness (QED) is 0.482. The van der Waals surface area contributed by atoms with Gasteiger partial charge in [0.1, 0.15) is 6.54 Å². The molecule has 0 unspecified atom stereocenters. The lowest BCUT2D eigenvalue weighted by Gasteiger charge is -2.34. The summed E-state index contributed by atoms with van der Waals surface area (Å²) in [6, 6.07) is 21.3. The van der Waals surface area contributed by atoms with Crippen LogP contribution in [0.5, 0.6) is 0 Å². The summed E-state index contributed by atoms with van der Waals surface area (Å²) < 4.78 is 28.1. The lowest BCUT2D eigenvalue weighted by atomic mass is 10.1. The van der Waals surface area contributed by atoms with E-state index in [2.05, 4.69) is 34.3 Å². The molecule has 0 atom stereocenters. The van der Waals surface area contributed by atoms with E-state index in [1.165, 1.54) is 12.1 Å². The van der Waals surface area contributed by atoms with E-state index in [1.807, 2.05) is 19.1 Å². The molecule has 1 aliphatic rings. The van der Waals surface area contributed by atoms with Gasteiger partial charge in [0.05, 0.1) is 15.6 Å². The monoisotopic (exact) mass is 526 g/mol. The Morgan fingerprint density at radius 1 is 0.972 bits per heavy atom. The Hall–Kier alpha value is -3.07. The van der Waals surface area contributed by atoms with Gasteiger partial charge in [0.15, 0.2) is 0 Å². The number of hydrogen-bond donors (Lipinski definition) is 1. The number of likely N-dealkylation sites (N-methyl/N-ethyl adjacent to an activating group) is 1. The summed E-state index contributed by atoms with van der Waals surface area (Å²) in [5.74, 6) is -0.421. The van der Waals surface area contributed by atoms with Crippen molar-refractivity contribution in [2.24, 2.45) is 0 Å². The second-order valence-electron chi connectivity index (χ2n) is 9.01. The second kappa shape index (κ2) is 11.3. The molecule has 1 aliphatic heterocycles. The van der Waals surface area contributed by atoms with Crippen molar-refractivity contribution in [2.75, 3.05) is 49.0 Å². The lowest BCUT2D eigenvalue weighted by molar-refractivity contribution is -0.119. The van der Waals surface area contributed by atoms with Crippen LogP contribution in [0.15, 0.2) is 77.7 Å². The third kappa shape index (κ3) is 6.19. The van der Waals surface area contributed by atoms with Crippen molar-refractivity contribution >= 4 is 38.9 Å². The van der Waals surface area contributed by atoms with Gasteiger partial charge in [0, 0.05) is 38.4 Å². The maximum absolute atomic E-state index is 13.5. The number of nitrogens with one attached hydrogen (secondary N) is 1. The van der Waals surface area contributed by atoms with Crippen LogP contribution in [-0.4, -0.2) is 59.0 Å². The van der Waals surface area contributed by atoms with Crippen molar-refractivity contribution in [3.63, 3.8) is 0 Å². The van der Waals surface area contributed by atoms with E-state index in [0.29, 0.717) is 6.54 Å². The van der Waals surface area contributed by atoms with Gasteiger partial charge in [-0.25, -0.2) is 8.42 Å². The molecule has 3 aromatic rings. The van der Waals surface area contributed by atoms with Crippen LogP contribution < -0.4 is 14.5 Å². The first kappa shape index (κ1) is 26.0. The van der Waals surface area contributed by atoms with Gasteiger partial charge in [-0.05, 0) is 61.5 Å². The predicted molar refractivity (Wildman–Crippen MR) is 145 cm³/mol. The van der Waals surface area contributed by atoms with E-state index in [1.54, 1.807) is 36.4 Å². The lowest BCUT2D eigenvalue weighted by Crippen LogP contribution is -2.44. The number of anilines is 2. The highest BCUT2D eigenvalue weighted by atomic mass is 35.5. The zero-order valence-electron chi connectivity index (χ0n) is 20.5. The van der Waals surface area contributed by atoms with Crippen LogP contribution >= 0.6 is 11.6 Å². The van der Waals surface area contributed by atoms with Crippen LogP contribution in [0.3, 0.4) is 0 Å². The number of benzene rings is 3. The van der Waals surface area contributed by atoms with Gasteiger partial charge in [0.25, 0.3) is 10.0 Å². The molecule has 0 spiro atoms. The molecule has 3 aromatic carbocycles. The van der Waals surface area contributed by atoms with E-state index in [4.69, 9.17) is 11.6 Å². The Morgan fingerprint density at radius 2 is 1.64 bits per heavy atom. The van der Waals surface area contributed by atoms with Crippen LogP contribution in [0.2, 0.25) is 5.02 Å². The van der Waals surface area contributed by atoms with Crippen LogP contribution in [0.1, 0.15) is 11.1 Å². The SMILES string of the molecule is Cc1ccc(Cl)c(N(CC(=O)NCc2ccc(N3CCN(C)CC3)cc2)S(=O)(=O)c2ccccc2)c1. The van der Waals surface area contributed by atoms with Gasteiger partial charge in [-0.3, -0.25) is 9.10 Å². The zero-order chi connectivity index (χ0) is 25.7. The van der Waals surface area contributed by atoms with E-state index >= 15 is 0 Å². The van der Waals surface area contributed by atoms with Crippen molar-refractivity contribution in [1.29, 1.82) is 0 Å². The molecule has 1 amide bonds. The fraction of sp³-hybridized carbons (Fsp3) is 0.296. The molecule has 9 heteroatoms. The number of nitrogens with zero attached hydrogens (tertiary/aromatic N) is 3. The molecule has 0 bridgehead atoms. The molecule has 1 fully saturated rings. The predicted octanol–water partition coefficient (Wildman–Crippen LogP) is 3.91. The smallest absolute Gasteiger partial charge is 0.264 e. The van der Waals surface area contributed by atoms with Gasteiger partial charge in [-0.1, -0.05) is 48.0 Å². The van der Waals surface area contributed by atoms with E-state index in [0.717, 1.165) is 47.3 Å². The number of piperazine rings is 1. The van der Waals surface area contributed by atoms with Crippen molar-refractivity contribution in [2.45, 2.75) is 18.4 Å². The zero-order valence-corrected chi connectivity index (χ0v) is 22.1. The molecule has 0 aliphatic carbocycles. The third-order valence-corrected chi connectivity index (χ3v) is 8.38. The standard InChI is InChI=1S/C27H31ClN4O3S/c1-21-8-13-25(28)26(18-21)32(36(34,35)24-6-4-3-5-7-24)20-27(33)29-19-22-9-11-23(12-10-22)31-16-14-30(2)15-17-31/h3-13,18H,14-17,19-20H2,1-2H3,(H,29,33). The maximum atomic E-state index is 13.5. The Morgan fingerprint density at radius 3 is 2.31 bits per heavy atom. The molecule has 1 saturated heterocycles. The summed E-state index contributed by atoms with van der Waals surface area (Å²) in [6.07, 6.45) is 0. The largest absolute Gasteiger partial charge is 0.369 e. The first-order valence-electron chi connectivity index (χ1n) is 11.9. The van der Waals surface area contributed by atoms with Gasteiger partial charge in [-0.15, -0.1) is 0 Å². The van der Waals surface area contributed by atoms with Crippen molar-refractivity contribution in [3.8, 4) is 0 Å². The molecular weight excluding hydrogens is 496 g/mol. The van der Waals surface area contributed by atoms with Crippen molar-refractivity contribution < 1.29 is 13.2 Å². The van der Waals surface area contributed by atoms with Gasteiger partial charge < -0.3 is 15.1 Å². The molecule has 0 aromatic heterocycles. The number of rotatable bonds is 8. The molecule has 4 rings (SSSR count). The Kier molecular flexibility index (Phi) is 8.18. The molecule has 190 valence electrons. The summed E-state index contributed by atoms with van der Waals surface area (Å²) in [5, 5.41) is 3.11. The second-order valence-corrected chi connectivity index (χ2v) is 11.3. The third-order valence-electron chi connectivity index (χ3n) is 6.28.